The van der Waals surface area contributed by atoms with E-state index >= 15 is 0 Å². The van der Waals surface area contributed by atoms with Crippen LogP contribution in [-0.2, 0) is 0 Å². The van der Waals surface area contributed by atoms with E-state index in [1.165, 1.54) is 11.8 Å². The fraction of sp³-hybridized carbons (Fsp3) is 0.231. The highest BCUT2D eigenvalue weighted by molar-refractivity contribution is 5.70. The minimum atomic E-state index is 0.414. The third-order valence-corrected chi connectivity index (χ3v) is 2.40. The predicted molar refractivity (Wildman–Crippen MR) is 67.8 cm³/mol. The standard InChI is InChI=1S/C13H15N3O/c1-3-17-11-8-15-13(14)12(16-11)10-6-4-9(2)5-7-10/h4-8H,3H2,1-2H3,(H2,14,15). The van der Waals surface area contributed by atoms with Crippen LogP contribution in [0.25, 0.3) is 11.3 Å². The lowest BCUT2D eigenvalue weighted by Crippen LogP contribution is -2.01. The molecule has 17 heavy (non-hydrogen) atoms. The van der Waals surface area contributed by atoms with Crippen LogP contribution in [0.3, 0.4) is 0 Å². The number of nitrogens with two attached hydrogens (primary N) is 1. The van der Waals surface area contributed by atoms with Crippen LogP contribution in [0, 0.1) is 6.92 Å². The minimum absolute atomic E-state index is 0.414. The van der Waals surface area contributed by atoms with Crippen LogP contribution in [0.5, 0.6) is 5.88 Å². The normalized spacial score (nSPS) is 10.2. The number of rotatable bonds is 3. The highest BCUT2D eigenvalue weighted by atomic mass is 16.5. The first-order valence-corrected chi connectivity index (χ1v) is 5.53. The summed E-state index contributed by atoms with van der Waals surface area (Å²) in [6.45, 7) is 4.50. The van der Waals surface area contributed by atoms with Crippen molar-refractivity contribution in [3.63, 3.8) is 0 Å². The van der Waals surface area contributed by atoms with Crippen LogP contribution in [0.4, 0.5) is 5.82 Å². The van der Waals surface area contributed by atoms with Gasteiger partial charge in [-0.25, -0.2) is 9.97 Å². The van der Waals surface area contributed by atoms with Crippen molar-refractivity contribution in [1.29, 1.82) is 0 Å². The van der Waals surface area contributed by atoms with Crippen molar-refractivity contribution >= 4 is 5.82 Å². The molecule has 1 aromatic carbocycles. The summed E-state index contributed by atoms with van der Waals surface area (Å²) in [6, 6.07) is 7.99. The van der Waals surface area contributed by atoms with E-state index in [9.17, 15) is 0 Å². The third-order valence-electron chi connectivity index (χ3n) is 2.40. The van der Waals surface area contributed by atoms with Crippen molar-refractivity contribution in [2.24, 2.45) is 0 Å². The molecular formula is C13H15N3O. The maximum absolute atomic E-state index is 5.83. The Balaban J connectivity index is 2.42. The van der Waals surface area contributed by atoms with Crippen LogP contribution in [0.2, 0.25) is 0 Å². The molecule has 0 aliphatic heterocycles. The lowest BCUT2D eigenvalue weighted by molar-refractivity contribution is 0.326. The maximum Gasteiger partial charge on any atom is 0.233 e. The molecule has 0 saturated heterocycles. The van der Waals surface area contributed by atoms with Crippen molar-refractivity contribution < 1.29 is 4.74 Å². The second-order valence-corrected chi connectivity index (χ2v) is 3.74. The summed E-state index contributed by atoms with van der Waals surface area (Å²) in [6.07, 6.45) is 1.54. The van der Waals surface area contributed by atoms with E-state index in [-0.39, 0.29) is 0 Å². The first kappa shape index (κ1) is 11.4. The Morgan fingerprint density at radius 1 is 1.24 bits per heavy atom. The molecule has 2 rings (SSSR count). The molecule has 88 valence electrons. The molecule has 4 nitrogen and oxygen atoms in total. The third kappa shape index (κ3) is 2.53. The van der Waals surface area contributed by atoms with E-state index in [0.29, 0.717) is 24.0 Å². The van der Waals surface area contributed by atoms with E-state index in [1.807, 2.05) is 38.1 Å². The molecule has 2 N–H and O–H groups in total. The molecule has 2 aromatic rings. The van der Waals surface area contributed by atoms with Gasteiger partial charge < -0.3 is 10.5 Å². The summed E-state index contributed by atoms with van der Waals surface area (Å²) >= 11 is 0. The predicted octanol–water partition coefficient (Wildman–Crippen LogP) is 2.43. The molecule has 0 radical (unpaired) electrons. The number of nitrogens with zero attached hydrogens (tertiary/aromatic N) is 2. The summed E-state index contributed by atoms with van der Waals surface area (Å²) < 4.78 is 5.32. The van der Waals surface area contributed by atoms with Gasteiger partial charge in [0.2, 0.25) is 5.88 Å². The first-order chi connectivity index (χ1) is 8.20. The summed E-state index contributed by atoms with van der Waals surface area (Å²) in [7, 11) is 0. The molecule has 4 heteroatoms. The quantitative estimate of drug-likeness (QED) is 0.878. The molecule has 0 atom stereocenters. The molecule has 0 spiro atoms. The zero-order chi connectivity index (χ0) is 12.3. The lowest BCUT2D eigenvalue weighted by Gasteiger charge is -2.07. The zero-order valence-electron chi connectivity index (χ0n) is 9.97. The van der Waals surface area contributed by atoms with Gasteiger partial charge in [0, 0.05) is 5.56 Å². The minimum Gasteiger partial charge on any atom is -0.477 e. The van der Waals surface area contributed by atoms with Gasteiger partial charge >= 0.3 is 0 Å². The van der Waals surface area contributed by atoms with Crippen molar-refractivity contribution in [2.45, 2.75) is 13.8 Å². The van der Waals surface area contributed by atoms with Crippen LogP contribution in [0.15, 0.2) is 30.5 Å². The lowest BCUT2D eigenvalue weighted by atomic mass is 10.1. The molecule has 0 aliphatic rings. The molecule has 0 aliphatic carbocycles. The van der Waals surface area contributed by atoms with Gasteiger partial charge in [-0.3, -0.25) is 0 Å². The molecule has 0 fully saturated rings. The second-order valence-electron chi connectivity index (χ2n) is 3.74. The Kier molecular flexibility index (Phi) is 3.23. The number of aromatic nitrogens is 2. The smallest absolute Gasteiger partial charge is 0.233 e. The highest BCUT2D eigenvalue weighted by Crippen LogP contribution is 2.24. The second kappa shape index (κ2) is 4.82. The zero-order valence-corrected chi connectivity index (χ0v) is 9.97. The Morgan fingerprint density at radius 2 is 1.94 bits per heavy atom. The Morgan fingerprint density at radius 3 is 2.59 bits per heavy atom. The summed E-state index contributed by atoms with van der Waals surface area (Å²) in [5.74, 6) is 0.912. The number of hydrogen-bond acceptors (Lipinski definition) is 4. The number of hydrogen-bond donors (Lipinski definition) is 1. The number of nitrogen functional groups attached to an aromatic ring is 1. The van der Waals surface area contributed by atoms with Crippen LogP contribution < -0.4 is 10.5 Å². The van der Waals surface area contributed by atoms with Gasteiger partial charge in [0.25, 0.3) is 0 Å². The van der Waals surface area contributed by atoms with Crippen molar-refractivity contribution in [3.8, 4) is 17.1 Å². The molecule has 0 amide bonds. The maximum atomic E-state index is 5.83. The summed E-state index contributed by atoms with van der Waals surface area (Å²) in [5.41, 5.74) is 8.63. The molecule has 1 heterocycles. The van der Waals surface area contributed by atoms with Crippen LogP contribution >= 0.6 is 0 Å². The van der Waals surface area contributed by atoms with Gasteiger partial charge in [-0.2, -0.15) is 0 Å². The van der Waals surface area contributed by atoms with E-state index in [1.54, 1.807) is 0 Å². The Bertz CT molecular complexity index is 509. The average molecular weight is 229 g/mol. The number of anilines is 1. The Hall–Kier alpha value is -2.10. The monoisotopic (exact) mass is 229 g/mol. The Labute approximate surface area is 100 Å². The van der Waals surface area contributed by atoms with Gasteiger partial charge in [0.05, 0.1) is 12.8 Å². The SMILES string of the molecule is CCOc1cnc(N)c(-c2ccc(C)cc2)n1. The molecular weight excluding hydrogens is 214 g/mol. The molecule has 0 saturated carbocycles. The van der Waals surface area contributed by atoms with E-state index < -0.39 is 0 Å². The van der Waals surface area contributed by atoms with Gasteiger partial charge in [-0.05, 0) is 13.8 Å². The van der Waals surface area contributed by atoms with Crippen LogP contribution in [0.1, 0.15) is 12.5 Å². The van der Waals surface area contributed by atoms with Gasteiger partial charge in [-0.1, -0.05) is 29.8 Å². The molecule has 1 aromatic heterocycles. The van der Waals surface area contributed by atoms with E-state index in [4.69, 9.17) is 10.5 Å². The number of aryl methyl sites for hydroxylation is 1. The van der Waals surface area contributed by atoms with Crippen molar-refractivity contribution in [3.05, 3.63) is 36.0 Å². The van der Waals surface area contributed by atoms with E-state index in [2.05, 4.69) is 9.97 Å². The van der Waals surface area contributed by atoms with Crippen molar-refractivity contribution in [2.75, 3.05) is 12.3 Å². The largest absolute Gasteiger partial charge is 0.477 e. The summed E-state index contributed by atoms with van der Waals surface area (Å²) in [4.78, 5) is 8.44. The fourth-order valence-corrected chi connectivity index (χ4v) is 1.52. The van der Waals surface area contributed by atoms with Crippen molar-refractivity contribution in [1.82, 2.24) is 9.97 Å². The van der Waals surface area contributed by atoms with Gasteiger partial charge in [-0.15, -0.1) is 0 Å². The van der Waals surface area contributed by atoms with Crippen LogP contribution in [-0.4, -0.2) is 16.6 Å². The average Bonchev–Trinajstić information content (AvgIpc) is 2.33. The molecule has 0 bridgehead atoms. The van der Waals surface area contributed by atoms with Gasteiger partial charge in [0.1, 0.15) is 11.5 Å². The van der Waals surface area contributed by atoms with E-state index in [0.717, 1.165) is 5.56 Å². The van der Waals surface area contributed by atoms with Gasteiger partial charge in [0.15, 0.2) is 0 Å². The topological polar surface area (TPSA) is 61.0 Å². The number of benzene rings is 1. The molecule has 0 unspecified atom stereocenters. The first-order valence-electron chi connectivity index (χ1n) is 5.53. The fourth-order valence-electron chi connectivity index (χ4n) is 1.52. The highest BCUT2D eigenvalue weighted by Gasteiger charge is 2.07. The number of ether oxygens (including phenoxy) is 1. The summed E-state index contributed by atoms with van der Waals surface area (Å²) in [5, 5.41) is 0.